The highest BCUT2D eigenvalue weighted by Gasteiger charge is 2.63. The molecule has 4 aliphatic carbocycles. The molecule has 0 bridgehead atoms. The molecule has 3 saturated carbocycles. The molecule has 0 heterocycles. The van der Waals surface area contributed by atoms with Crippen molar-refractivity contribution in [3.63, 3.8) is 0 Å². The molecule has 3 N–H and O–H groups in total. The van der Waals surface area contributed by atoms with Crippen LogP contribution in [0.1, 0.15) is 93.4 Å². The van der Waals surface area contributed by atoms with Gasteiger partial charge in [0.25, 0.3) is 0 Å². The van der Waals surface area contributed by atoms with E-state index in [0.717, 1.165) is 31.3 Å². The number of aliphatic hydroxyl groups excluding tert-OH is 2. The first-order valence-corrected chi connectivity index (χ1v) is 13.6. The first-order valence-electron chi connectivity index (χ1n) is 13.6. The second-order valence-corrected chi connectivity index (χ2v) is 13.9. The monoisotopic (exact) mass is 486 g/mol. The molecule has 0 radical (unpaired) electrons. The predicted molar refractivity (Wildman–Crippen MR) is 137 cm³/mol. The van der Waals surface area contributed by atoms with Crippen LogP contribution in [0.5, 0.6) is 0 Å². The third-order valence-corrected chi connectivity index (χ3v) is 11.7. The first-order chi connectivity index (χ1) is 16.0. The second-order valence-electron chi connectivity index (χ2n) is 13.9. The Bertz CT molecular complexity index is 964. The van der Waals surface area contributed by atoms with Gasteiger partial charge in [0.1, 0.15) is 5.78 Å². The number of carboxylic acid groups (broad SMARTS) is 1. The lowest BCUT2D eigenvalue weighted by atomic mass is 9.41. The Balaban J connectivity index is 1.69. The largest absolute Gasteiger partial charge is 0.481 e. The topological polar surface area (TPSA) is 94.8 Å². The van der Waals surface area contributed by atoms with E-state index in [0.29, 0.717) is 19.3 Å². The SMILES string of the molecule is CC(=O)[C@@]1(CC2=C[C@]3(C)CCC[C@](C)(C(=O)O)[C@@H]3C=C2)CC[C@@H]2C(C)(C)[C@H](O)[C@@H](O)C[C@@]2(C)[C@@H]1C. The maximum Gasteiger partial charge on any atom is 0.309 e. The molecule has 0 aromatic heterocycles. The van der Waals surface area contributed by atoms with Gasteiger partial charge in [-0.25, -0.2) is 0 Å². The molecule has 5 heteroatoms. The summed E-state index contributed by atoms with van der Waals surface area (Å²) in [4.78, 5) is 25.6. The van der Waals surface area contributed by atoms with Crippen molar-refractivity contribution in [2.24, 2.45) is 44.8 Å². The third kappa shape index (κ3) is 3.70. The van der Waals surface area contributed by atoms with Gasteiger partial charge in [0.15, 0.2) is 0 Å². The van der Waals surface area contributed by atoms with Gasteiger partial charge in [-0.1, -0.05) is 64.8 Å². The van der Waals surface area contributed by atoms with Crippen LogP contribution in [-0.4, -0.2) is 39.3 Å². The van der Waals surface area contributed by atoms with Gasteiger partial charge in [-0.15, -0.1) is 0 Å². The Morgan fingerprint density at radius 2 is 1.71 bits per heavy atom. The van der Waals surface area contributed by atoms with Crippen LogP contribution >= 0.6 is 0 Å². The molecule has 0 amide bonds. The standard InChI is InChI=1S/C30H46O5/c1-18-29(7)17-21(32)24(33)26(3,4)22(29)11-14-30(18,19(2)31)16-20-9-10-23-27(5,15-20)12-8-13-28(23,6)25(34)35/h9-10,15,18,21-24,32-33H,8,11-14,16-17H2,1-7H3,(H,34,35)/t18-,21-,22+,23+,24+,27-,28-,29-,30+/m0/s1. The zero-order chi connectivity index (χ0) is 26.2. The average Bonchev–Trinajstić information content (AvgIpc) is 2.74. The molecular weight excluding hydrogens is 440 g/mol. The number of Topliss-reactive ketones (excluding diaryl/α,β-unsaturated/α-hetero) is 1. The van der Waals surface area contributed by atoms with Gasteiger partial charge in [-0.2, -0.15) is 0 Å². The van der Waals surface area contributed by atoms with Crippen molar-refractivity contribution in [1.29, 1.82) is 0 Å². The maximum absolute atomic E-state index is 13.4. The van der Waals surface area contributed by atoms with Gasteiger partial charge in [-0.05, 0) is 80.5 Å². The summed E-state index contributed by atoms with van der Waals surface area (Å²) in [5.41, 5.74) is -1.08. The molecule has 0 aliphatic heterocycles. The molecule has 0 spiro atoms. The van der Waals surface area contributed by atoms with Crippen molar-refractivity contribution >= 4 is 11.8 Å². The Kier molecular flexibility index (Phi) is 6.29. The van der Waals surface area contributed by atoms with E-state index in [1.54, 1.807) is 6.92 Å². The van der Waals surface area contributed by atoms with Crippen molar-refractivity contribution in [2.75, 3.05) is 0 Å². The number of rotatable bonds is 4. The molecule has 0 saturated heterocycles. The number of hydrogen-bond acceptors (Lipinski definition) is 4. The summed E-state index contributed by atoms with van der Waals surface area (Å²) in [5, 5.41) is 31.6. The Hall–Kier alpha value is -1.46. The molecule has 3 fully saturated rings. The van der Waals surface area contributed by atoms with E-state index >= 15 is 0 Å². The number of carboxylic acids is 1. The fourth-order valence-corrected chi connectivity index (χ4v) is 9.41. The lowest BCUT2D eigenvalue weighted by molar-refractivity contribution is -0.209. The number of allylic oxidation sites excluding steroid dienone is 4. The minimum Gasteiger partial charge on any atom is -0.481 e. The number of carbonyl (C=O) groups is 2. The quantitative estimate of drug-likeness (QED) is 0.484. The summed E-state index contributed by atoms with van der Waals surface area (Å²) >= 11 is 0. The fraction of sp³-hybridized carbons (Fsp3) is 0.800. The van der Waals surface area contributed by atoms with Crippen LogP contribution in [0.3, 0.4) is 0 Å². The molecular formula is C30H46O5. The van der Waals surface area contributed by atoms with Crippen molar-refractivity contribution < 1.29 is 24.9 Å². The van der Waals surface area contributed by atoms with Crippen LogP contribution in [-0.2, 0) is 9.59 Å². The van der Waals surface area contributed by atoms with Crippen molar-refractivity contribution in [1.82, 2.24) is 0 Å². The summed E-state index contributed by atoms with van der Waals surface area (Å²) in [6.45, 7) is 14.3. The van der Waals surface area contributed by atoms with E-state index in [4.69, 9.17) is 0 Å². The number of carbonyl (C=O) groups excluding carboxylic acids is 1. The van der Waals surface area contributed by atoms with Crippen LogP contribution in [0, 0.1) is 44.8 Å². The third-order valence-electron chi connectivity index (χ3n) is 11.7. The van der Waals surface area contributed by atoms with Crippen LogP contribution in [0.2, 0.25) is 0 Å². The number of ketones is 1. The summed E-state index contributed by atoms with van der Waals surface area (Å²) in [6, 6.07) is 0. The number of aliphatic carboxylic acids is 1. The number of aliphatic hydroxyl groups is 2. The number of hydrogen-bond donors (Lipinski definition) is 3. The highest BCUT2D eigenvalue weighted by molar-refractivity contribution is 5.83. The minimum atomic E-state index is -0.791. The lowest BCUT2D eigenvalue weighted by Crippen LogP contribution is -2.63. The molecule has 35 heavy (non-hydrogen) atoms. The summed E-state index contributed by atoms with van der Waals surface area (Å²) in [7, 11) is 0. The van der Waals surface area contributed by atoms with Gasteiger partial charge in [-0.3, -0.25) is 9.59 Å². The average molecular weight is 487 g/mol. The van der Waals surface area contributed by atoms with Gasteiger partial charge >= 0.3 is 5.97 Å². The van der Waals surface area contributed by atoms with Crippen LogP contribution in [0.15, 0.2) is 23.8 Å². The Morgan fingerprint density at radius 1 is 1.06 bits per heavy atom. The highest BCUT2D eigenvalue weighted by atomic mass is 16.4. The molecule has 4 aliphatic rings. The molecule has 9 atom stereocenters. The van der Waals surface area contributed by atoms with Crippen LogP contribution < -0.4 is 0 Å². The normalized spacial score (nSPS) is 48.9. The smallest absolute Gasteiger partial charge is 0.309 e. The Morgan fingerprint density at radius 3 is 2.31 bits per heavy atom. The van der Waals surface area contributed by atoms with Crippen molar-refractivity contribution in [3.05, 3.63) is 23.8 Å². The highest BCUT2D eigenvalue weighted by Crippen LogP contribution is 2.66. The zero-order valence-corrected chi connectivity index (χ0v) is 22.7. The van der Waals surface area contributed by atoms with E-state index in [2.05, 4.69) is 52.8 Å². The lowest BCUT2D eigenvalue weighted by Gasteiger charge is -2.64. The van der Waals surface area contributed by atoms with Gasteiger partial charge in [0, 0.05) is 11.3 Å². The van der Waals surface area contributed by atoms with Crippen molar-refractivity contribution in [2.45, 2.75) is 106 Å². The van der Waals surface area contributed by atoms with Crippen molar-refractivity contribution in [3.8, 4) is 0 Å². The first kappa shape index (κ1) is 26.6. The number of fused-ring (bicyclic) bond motifs is 2. The molecule has 0 aromatic rings. The van der Waals surface area contributed by atoms with Gasteiger partial charge < -0.3 is 15.3 Å². The predicted octanol–water partition coefficient (Wildman–Crippen LogP) is 5.55. The van der Waals surface area contributed by atoms with Crippen LogP contribution in [0.25, 0.3) is 0 Å². The molecule has 196 valence electrons. The molecule has 0 aromatic carbocycles. The van der Waals surface area contributed by atoms with E-state index in [1.165, 1.54) is 0 Å². The van der Waals surface area contributed by atoms with Gasteiger partial charge in [0.05, 0.1) is 17.6 Å². The van der Waals surface area contributed by atoms with E-state index in [-0.39, 0.29) is 34.4 Å². The summed E-state index contributed by atoms with van der Waals surface area (Å²) in [6.07, 6.45) is 10.2. The summed E-state index contributed by atoms with van der Waals surface area (Å²) in [5.74, 6) is -0.314. The molecule has 0 unspecified atom stereocenters. The van der Waals surface area contributed by atoms with Gasteiger partial charge in [0.2, 0.25) is 0 Å². The van der Waals surface area contributed by atoms with E-state index in [1.807, 2.05) is 6.92 Å². The van der Waals surface area contributed by atoms with Crippen LogP contribution in [0.4, 0.5) is 0 Å². The minimum absolute atomic E-state index is 0.0446. The second kappa shape index (κ2) is 8.28. The zero-order valence-electron chi connectivity index (χ0n) is 22.7. The molecule has 4 rings (SSSR count). The fourth-order valence-electron chi connectivity index (χ4n) is 9.41. The van der Waals surface area contributed by atoms with E-state index in [9.17, 15) is 24.9 Å². The molecule has 5 nitrogen and oxygen atoms in total. The summed E-state index contributed by atoms with van der Waals surface area (Å²) < 4.78 is 0. The van der Waals surface area contributed by atoms with E-state index < -0.39 is 34.4 Å². The maximum atomic E-state index is 13.4. The Labute approximate surface area is 211 Å².